The number of hydrogen-bond donors (Lipinski definition) is 0. The minimum absolute atomic E-state index is 0.141. The zero-order valence-corrected chi connectivity index (χ0v) is 29.0. The number of halogens is 1. The van der Waals surface area contributed by atoms with Gasteiger partial charge in [0.05, 0.1) is 22.1 Å². The standard InChI is InChI=1S/C40H39FN4O5S/c41-32-13-15-33(16-14-32)44-38-23-31-25-42-45(51(47,48)34-11-5-2-6-12-34)37(31)24-35(38)36(39(44)30-17-20-49-21-18-30)22-29-10-7-19-43(26-29)40(46)50-27-28-8-3-1-4-9-28/h1-6,8-9,11-16,23-25,29-30H,7,10,17-22,26-27H2. The van der Waals surface area contributed by atoms with E-state index in [-0.39, 0.29) is 35.2 Å². The fourth-order valence-corrected chi connectivity index (χ4v) is 9.02. The predicted octanol–water partition coefficient (Wildman–Crippen LogP) is 7.84. The molecule has 262 valence electrons. The van der Waals surface area contributed by atoms with Gasteiger partial charge in [0.25, 0.3) is 10.0 Å². The van der Waals surface area contributed by atoms with Crippen molar-refractivity contribution >= 4 is 37.9 Å². The van der Waals surface area contributed by atoms with E-state index < -0.39 is 10.0 Å². The second kappa shape index (κ2) is 14.0. The van der Waals surface area contributed by atoms with E-state index in [2.05, 4.69) is 9.67 Å². The largest absolute Gasteiger partial charge is 0.445 e. The van der Waals surface area contributed by atoms with Gasteiger partial charge in [0.15, 0.2) is 0 Å². The molecule has 2 fully saturated rings. The molecule has 8 rings (SSSR count). The van der Waals surface area contributed by atoms with E-state index in [4.69, 9.17) is 9.47 Å². The second-order valence-electron chi connectivity index (χ2n) is 13.5. The molecule has 9 nitrogen and oxygen atoms in total. The minimum Gasteiger partial charge on any atom is -0.445 e. The summed E-state index contributed by atoms with van der Waals surface area (Å²) in [5.74, 6) is -0.0174. The Morgan fingerprint density at radius 1 is 0.902 bits per heavy atom. The fraction of sp³-hybridized carbons (Fsp3) is 0.300. The summed E-state index contributed by atoms with van der Waals surface area (Å²) in [6, 6.07) is 28.5. The van der Waals surface area contributed by atoms with Gasteiger partial charge in [0.2, 0.25) is 0 Å². The van der Waals surface area contributed by atoms with Crippen LogP contribution in [-0.4, -0.2) is 59.5 Å². The van der Waals surface area contributed by atoms with Crippen molar-refractivity contribution in [1.82, 2.24) is 18.7 Å². The summed E-state index contributed by atoms with van der Waals surface area (Å²) < 4.78 is 56.8. The van der Waals surface area contributed by atoms with Crippen LogP contribution in [0.25, 0.3) is 27.5 Å². The molecule has 11 heteroatoms. The van der Waals surface area contributed by atoms with E-state index in [0.29, 0.717) is 43.6 Å². The fourth-order valence-electron chi connectivity index (χ4n) is 7.73. The third-order valence-electron chi connectivity index (χ3n) is 10.2. The summed E-state index contributed by atoms with van der Waals surface area (Å²) in [6.45, 7) is 2.66. The second-order valence-corrected chi connectivity index (χ2v) is 15.3. The van der Waals surface area contributed by atoms with Crippen LogP contribution in [0.15, 0.2) is 108 Å². The van der Waals surface area contributed by atoms with E-state index in [1.165, 1.54) is 12.1 Å². The normalized spacial score (nSPS) is 17.3. The van der Waals surface area contributed by atoms with Gasteiger partial charge in [-0.1, -0.05) is 48.5 Å². The van der Waals surface area contributed by atoms with Crippen molar-refractivity contribution in [1.29, 1.82) is 0 Å². The van der Waals surface area contributed by atoms with Crippen molar-refractivity contribution in [2.75, 3.05) is 26.3 Å². The molecule has 2 aromatic heterocycles. The minimum atomic E-state index is -3.97. The average molecular weight is 707 g/mol. The van der Waals surface area contributed by atoms with E-state index in [1.807, 2.05) is 47.4 Å². The van der Waals surface area contributed by atoms with Crippen LogP contribution in [0.4, 0.5) is 9.18 Å². The van der Waals surface area contributed by atoms with Gasteiger partial charge in [-0.15, -0.1) is 0 Å². The molecular formula is C40H39FN4O5S. The number of hydrogen-bond acceptors (Lipinski definition) is 6. The van der Waals surface area contributed by atoms with E-state index in [1.54, 1.807) is 48.7 Å². The number of benzene rings is 4. The van der Waals surface area contributed by atoms with E-state index in [9.17, 15) is 17.6 Å². The molecule has 2 saturated heterocycles. The summed E-state index contributed by atoms with van der Waals surface area (Å²) in [5, 5.41) is 5.98. The lowest BCUT2D eigenvalue weighted by Gasteiger charge is -2.33. The first-order valence-electron chi connectivity index (χ1n) is 17.5. The van der Waals surface area contributed by atoms with Crippen molar-refractivity contribution in [2.45, 2.75) is 49.5 Å². The number of aromatic nitrogens is 3. The number of carbonyl (C=O) groups is 1. The monoisotopic (exact) mass is 706 g/mol. The quantitative estimate of drug-likeness (QED) is 0.160. The van der Waals surface area contributed by atoms with Gasteiger partial charge in [-0.3, -0.25) is 0 Å². The summed E-state index contributed by atoms with van der Waals surface area (Å²) >= 11 is 0. The third-order valence-corrected chi connectivity index (χ3v) is 11.8. The van der Waals surface area contributed by atoms with Crippen molar-refractivity contribution in [3.8, 4) is 5.69 Å². The van der Waals surface area contributed by atoms with Crippen molar-refractivity contribution in [2.24, 2.45) is 5.92 Å². The van der Waals surface area contributed by atoms with Crippen molar-refractivity contribution in [3.05, 3.63) is 126 Å². The zero-order chi connectivity index (χ0) is 35.0. The topological polar surface area (TPSA) is 95.7 Å². The van der Waals surface area contributed by atoms with Crippen LogP contribution in [0, 0.1) is 11.7 Å². The number of nitrogens with zero attached hydrogens (tertiary/aromatic N) is 4. The number of piperidine rings is 1. The van der Waals surface area contributed by atoms with Crippen molar-refractivity contribution in [3.63, 3.8) is 0 Å². The molecule has 0 N–H and O–H groups in total. The number of amides is 1. The van der Waals surface area contributed by atoms with Gasteiger partial charge < -0.3 is 18.9 Å². The van der Waals surface area contributed by atoms with Crippen LogP contribution in [0.1, 0.15) is 48.4 Å². The molecule has 0 saturated carbocycles. The van der Waals surface area contributed by atoms with Crippen LogP contribution >= 0.6 is 0 Å². The van der Waals surface area contributed by atoms with Crippen LogP contribution in [-0.2, 0) is 32.5 Å². The first-order chi connectivity index (χ1) is 24.9. The van der Waals surface area contributed by atoms with Crippen LogP contribution in [0.2, 0.25) is 0 Å². The molecule has 4 heterocycles. The average Bonchev–Trinajstić information content (AvgIpc) is 3.73. The number of carbonyl (C=O) groups excluding carboxylic acids is 1. The molecule has 0 aliphatic carbocycles. The molecule has 51 heavy (non-hydrogen) atoms. The Morgan fingerprint density at radius 3 is 2.37 bits per heavy atom. The highest BCUT2D eigenvalue weighted by Crippen LogP contribution is 2.42. The Labute approximate surface area is 296 Å². The lowest BCUT2D eigenvalue weighted by Crippen LogP contribution is -2.40. The Bertz CT molecular complexity index is 2280. The van der Waals surface area contributed by atoms with E-state index >= 15 is 0 Å². The molecule has 0 spiro atoms. The summed E-state index contributed by atoms with van der Waals surface area (Å²) in [7, 11) is -3.97. The molecular weight excluding hydrogens is 668 g/mol. The lowest BCUT2D eigenvalue weighted by molar-refractivity contribution is 0.0784. The molecule has 1 unspecified atom stereocenters. The van der Waals surface area contributed by atoms with Gasteiger partial charge in [0.1, 0.15) is 12.4 Å². The first-order valence-corrected chi connectivity index (χ1v) is 19.0. The molecule has 0 bridgehead atoms. The number of ether oxygens (including phenoxy) is 2. The van der Waals surface area contributed by atoms with Gasteiger partial charge in [-0.2, -0.15) is 17.6 Å². The van der Waals surface area contributed by atoms with Gasteiger partial charge >= 0.3 is 6.09 Å². The maximum absolute atomic E-state index is 14.3. The highest BCUT2D eigenvalue weighted by molar-refractivity contribution is 7.90. The maximum atomic E-state index is 14.3. The molecule has 4 aromatic carbocycles. The molecule has 2 aliphatic heterocycles. The molecule has 2 aliphatic rings. The predicted molar refractivity (Wildman–Crippen MR) is 193 cm³/mol. The maximum Gasteiger partial charge on any atom is 0.410 e. The van der Waals surface area contributed by atoms with Gasteiger partial charge in [-0.05, 0) is 97.7 Å². The van der Waals surface area contributed by atoms with E-state index in [0.717, 1.165) is 63.2 Å². The Hall–Kier alpha value is -5.00. The van der Waals surface area contributed by atoms with Crippen LogP contribution < -0.4 is 0 Å². The molecule has 0 radical (unpaired) electrons. The first kappa shape index (κ1) is 33.2. The van der Waals surface area contributed by atoms with Crippen molar-refractivity contribution < 1.29 is 27.1 Å². The number of likely N-dealkylation sites (tertiary alicyclic amines) is 1. The molecule has 6 aromatic rings. The highest BCUT2D eigenvalue weighted by Gasteiger charge is 2.32. The zero-order valence-electron chi connectivity index (χ0n) is 28.2. The third kappa shape index (κ3) is 6.52. The Kier molecular flexibility index (Phi) is 9.08. The number of rotatable bonds is 8. The number of fused-ring (bicyclic) bond motifs is 2. The smallest absolute Gasteiger partial charge is 0.410 e. The Morgan fingerprint density at radius 2 is 1.63 bits per heavy atom. The SMILES string of the molecule is O=C(OCc1ccccc1)N1CCCC(Cc2c(C3CCOCC3)n(-c3ccc(F)cc3)c3cc4cnn(S(=O)(=O)c5ccccc5)c4cc23)C1. The van der Waals surface area contributed by atoms with Crippen LogP contribution in [0.3, 0.4) is 0 Å². The summed E-state index contributed by atoms with van der Waals surface area (Å²) in [4.78, 5) is 15.2. The summed E-state index contributed by atoms with van der Waals surface area (Å²) in [5.41, 5.74) is 5.38. The summed E-state index contributed by atoms with van der Waals surface area (Å²) in [6.07, 6.45) is 5.36. The van der Waals surface area contributed by atoms with Gasteiger partial charge in [-0.25, -0.2) is 9.18 Å². The molecule has 1 amide bonds. The highest BCUT2D eigenvalue weighted by atomic mass is 32.2. The van der Waals surface area contributed by atoms with Gasteiger partial charge in [0, 0.05) is 54.4 Å². The molecule has 1 atom stereocenters. The van der Waals surface area contributed by atoms with Crippen LogP contribution in [0.5, 0.6) is 0 Å². The lowest BCUT2D eigenvalue weighted by atomic mass is 9.86. The Balaban J connectivity index is 1.24.